The number of hydrogen-bond donors (Lipinski definition) is 0. The van der Waals surface area contributed by atoms with Crippen LogP contribution in [-0.4, -0.2) is 34.7 Å². The summed E-state index contributed by atoms with van der Waals surface area (Å²) in [6.07, 6.45) is 4.27. The SMILES string of the molecule is CC(=O)C1(c2ccccc2)CCN(C(=O)CCc2ccccn2)CC1. The van der Waals surface area contributed by atoms with Crippen molar-refractivity contribution >= 4 is 11.7 Å². The van der Waals surface area contributed by atoms with Gasteiger partial charge in [0, 0.05) is 31.4 Å². The van der Waals surface area contributed by atoms with Gasteiger partial charge in [-0.2, -0.15) is 0 Å². The molecule has 1 aliphatic rings. The summed E-state index contributed by atoms with van der Waals surface area (Å²) in [4.78, 5) is 31.1. The first kappa shape index (κ1) is 17.3. The number of likely N-dealkylation sites (tertiary alicyclic amines) is 1. The van der Waals surface area contributed by atoms with Crippen LogP contribution in [0.25, 0.3) is 0 Å². The van der Waals surface area contributed by atoms with Crippen LogP contribution in [0.3, 0.4) is 0 Å². The van der Waals surface area contributed by atoms with E-state index in [0.717, 1.165) is 11.3 Å². The van der Waals surface area contributed by atoms with Crippen molar-refractivity contribution in [3.63, 3.8) is 0 Å². The number of nitrogens with zero attached hydrogens (tertiary/aromatic N) is 2. The molecule has 0 atom stereocenters. The Hall–Kier alpha value is -2.49. The lowest BCUT2D eigenvalue weighted by Crippen LogP contribution is -2.48. The third kappa shape index (κ3) is 3.78. The maximum atomic E-state index is 12.5. The molecule has 0 unspecified atom stereocenters. The molecule has 4 heteroatoms. The quantitative estimate of drug-likeness (QED) is 0.843. The van der Waals surface area contributed by atoms with Gasteiger partial charge in [-0.3, -0.25) is 14.6 Å². The van der Waals surface area contributed by atoms with Crippen molar-refractivity contribution < 1.29 is 9.59 Å². The Kier molecular flexibility index (Phi) is 5.27. The smallest absolute Gasteiger partial charge is 0.222 e. The number of Topliss-reactive ketones (excluding diaryl/α,β-unsaturated/α-hetero) is 1. The predicted molar refractivity (Wildman–Crippen MR) is 97.2 cm³/mol. The number of ketones is 1. The lowest BCUT2D eigenvalue weighted by Gasteiger charge is -2.40. The van der Waals surface area contributed by atoms with E-state index in [2.05, 4.69) is 4.98 Å². The summed E-state index contributed by atoms with van der Waals surface area (Å²) in [5, 5.41) is 0. The van der Waals surface area contributed by atoms with Gasteiger partial charge in [-0.1, -0.05) is 36.4 Å². The second-order valence-corrected chi connectivity index (χ2v) is 6.71. The number of hydrogen-bond acceptors (Lipinski definition) is 3. The molecular weight excluding hydrogens is 312 g/mol. The molecule has 2 heterocycles. The molecule has 1 aliphatic heterocycles. The number of carbonyl (C=O) groups is 2. The van der Waals surface area contributed by atoms with Crippen LogP contribution in [0, 0.1) is 0 Å². The second-order valence-electron chi connectivity index (χ2n) is 6.71. The van der Waals surface area contributed by atoms with E-state index in [-0.39, 0.29) is 11.7 Å². The first-order chi connectivity index (χ1) is 12.1. The van der Waals surface area contributed by atoms with Crippen LogP contribution >= 0.6 is 0 Å². The summed E-state index contributed by atoms with van der Waals surface area (Å²) in [6.45, 7) is 2.94. The van der Waals surface area contributed by atoms with Gasteiger partial charge in [-0.25, -0.2) is 0 Å². The van der Waals surface area contributed by atoms with Gasteiger partial charge in [0.1, 0.15) is 5.78 Å². The first-order valence-electron chi connectivity index (χ1n) is 8.86. The Labute approximate surface area is 148 Å². The van der Waals surface area contributed by atoms with E-state index in [0.29, 0.717) is 38.8 Å². The number of aryl methyl sites for hydroxylation is 1. The molecule has 0 aliphatic carbocycles. The molecule has 0 radical (unpaired) electrons. The van der Waals surface area contributed by atoms with Crippen molar-refractivity contribution in [3.05, 3.63) is 66.0 Å². The van der Waals surface area contributed by atoms with Crippen molar-refractivity contribution in [2.24, 2.45) is 0 Å². The van der Waals surface area contributed by atoms with Gasteiger partial charge in [0.15, 0.2) is 0 Å². The number of rotatable bonds is 5. The highest BCUT2D eigenvalue weighted by Gasteiger charge is 2.41. The fourth-order valence-electron chi connectivity index (χ4n) is 3.68. The summed E-state index contributed by atoms with van der Waals surface area (Å²) in [7, 11) is 0. The highest BCUT2D eigenvalue weighted by atomic mass is 16.2. The number of pyridine rings is 1. The van der Waals surface area contributed by atoms with Crippen LogP contribution in [-0.2, 0) is 21.4 Å². The monoisotopic (exact) mass is 336 g/mol. The summed E-state index contributed by atoms with van der Waals surface area (Å²) in [5.41, 5.74) is 1.57. The average Bonchev–Trinajstić information content (AvgIpc) is 2.67. The highest BCUT2D eigenvalue weighted by Crippen LogP contribution is 2.36. The fraction of sp³-hybridized carbons (Fsp3) is 0.381. The highest BCUT2D eigenvalue weighted by molar-refractivity contribution is 5.88. The molecule has 1 amide bonds. The molecule has 1 saturated heterocycles. The lowest BCUT2D eigenvalue weighted by atomic mass is 9.70. The normalized spacial score (nSPS) is 16.4. The zero-order valence-corrected chi connectivity index (χ0v) is 14.6. The number of aromatic nitrogens is 1. The van der Waals surface area contributed by atoms with E-state index in [1.807, 2.05) is 53.4 Å². The number of benzene rings is 1. The van der Waals surface area contributed by atoms with Gasteiger partial charge >= 0.3 is 0 Å². The van der Waals surface area contributed by atoms with Crippen LogP contribution in [0.1, 0.15) is 37.4 Å². The first-order valence-corrected chi connectivity index (χ1v) is 8.86. The minimum Gasteiger partial charge on any atom is -0.343 e. The largest absolute Gasteiger partial charge is 0.343 e. The Morgan fingerprint density at radius 1 is 1.04 bits per heavy atom. The molecule has 2 aromatic rings. The maximum absolute atomic E-state index is 12.5. The molecule has 3 rings (SSSR count). The van der Waals surface area contributed by atoms with E-state index >= 15 is 0 Å². The molecule has 25 heavy (non-hydrogen) atoms. The Morgan fingerprint density at radius 3 is 2.32 bits per heavy atom. The standard InChI is InChI=1S/C21H24N2O2/c1-17(24)21(18-7-3-2-4-8-18)12-15-23(16-13-21)20(25)11-10-19-9-5-6-14-22-19/h2-9,14H,10-13,15-16H2,1H3. The Morgan fingerprint density at radius 2 is 1.72 bits per heavy atom. The lowest BCUT2D eigenvalue weighted by molar-refractivity contribution is -0.135. The second kappa shape index (κ2) is 7.60. The van der Waals surface area contributed by atoms with Crippen LogP contribution in [0.2, 0.25) is 0 Å². The third-order valence-corrected chi connectivity index (χ3v) is 5.29. The van der Waals surface area contributed by atoms with Crippen molar-refractivity contribution in [3.8, 4) is 0 Å². The van der Waals surface area contributed by atoms with Crippen molar-refractivity contribution in [1.82, 2.24) is 9.88 Å². The number of carbonyl (C=O) groups excluding carboxylic acids is 2. The van der Waals surface area contributed by atoms with Gasteiger partial charge < -0.3 is 4.90 Å². The zero-order chi connectivity index (χ0) is 17.7. The van der Waals surface area contributed by atoms with Crippen LogP contribution < -0.4 is 0 Å². The topological polar surface area (TPSA) is 50.3 Å². The zero-order valence-electron chi connectivity index (χ0n) is 14.6. The minimum absolute atomic E-state index is 0.149. The molecule has 0 bridgehead atoms. The molecule has 0 saturated carbocycles. The molecule has 1 aromatic carbocycles. The summed E-state index contributed by atoms with van der Waals surface area (Å²) in [5.74, 6) is 0.343. The van der Waals surface area contributed by atoms with Crippen molar-refractivity contribution in [1.29, 1.82) is 0 Å². The Bertz CT molecular complexity index is 720. The maximum Gasteiger partial charge on any atom is 0.222 e. The Balaban J connectivity index is 1.62. The third-order valence-electron chi connectivity index (χ3n) is 5.29. The van der Waals surface area contributed by atoms with Gasteiger partial charge in [0.05, 0.1) is 5.41 Å². The van der Waals surface area contributed by atoms with Gasteiger partial charge in [-0.05, 0) is 43.9 Å². The predicted octanol–water partition coefficient (Wildman–Crippen LogP) is 3.16. The molecule has 130 valence electrons. The molecule has 0 N–H and O–H groups in total. The van der Waals surface area contributed by atoms with E-state index in [1.54, 1.807) is 13.1 Å². The van der Waals surface area contributed by atoms with Crippen LogP contribution in [0.15, 0.2) is 54.7 Å². The van der Waals surface area contributed by atoms with Crippen molar-refractivity contribution in [2.45, 2.75) is 38.0 Å². The van der Waals surface area contributed by atoms with Crippen LogP contribution in [0.5, 0.6) is 0 Å². The van der Waals surface area contributed by atoms with Gasteiger partial charge in [0.25, 0.3) is 0 Å². The summed E-state index contributed by atoms with van der Waals surface area (Å²) < 4.78 is 0. The van der Waals surface area contributed by atoms with Crippen molar-refractivity contribution in [2.75, 3.05) is 13.1 Å². The molecule has 4 nitrogen and oxygen atoms in total. The van der Waals surface area contributed by atoms with E-state index < -0.39 is 5.41 Å². The van der Waals surface area contributed by atoms with E-state index in [4.69, 9.17) is 0 Å². The molecule has 1 aromatic heterocycles. The fourth-order valence-corrected chi connectivity index (χ4v) is 3.68. The van der Waals surface area contributed by atoms with Gasteiger partial charge in [-0.15, -0.1) is 0 Å². The van der Waals surface area contributed by atoms with E-state index in [1.165, 1.54) is 0 Å². The van der Waals surface area contributed by atoms with E-state index in [9.17, 15) is 9.59 Å². The summed E-state index contributed by atoms with van der Waals surface area (Å²) >= 11 is 0. The minimum atomic E-state index is -0.445. The number of piperidine rings is 1. The number of amides is 1. The van der Waals surface area contributed by atoms with Gasteiger partial charge in [0.2, 0.25) is 5.91 Å². The molecule has 1 fully saturated rings. The summed E-state index contributed by atoms with van der Waals surface area (Å²) in [6, 6.07) is 15.7. The molecular formula is C21H24N2O2. The molecule has 0 spiro atoms. The average molecular weight is 336 g/mol. The van der Waals surface area contributed by atoms with Crippen LogP contribution in [0.4, 0.5) is 0 Å².